The molecule has 1 unspecified atom stereocenters. The van der Waals surface area contributed by atoms with E-state index in [0.717, 1.165) is 24.1 Å². The largest absolute Gasteiger partial charge is 0.465 e. The van der Waals surface area contributed by atoms with Gasteiger partial charge in [-0.25, -0.2) is 19.4 Å². The van der Waals surface area contributed by atoms with Gasteiger partial charge in [-0.1, -0.05) is 0 Å². The van der Waals surface area contributed by atoms with Gasteiger partial charge in [0.2, 0.25) is 0 Å². The van der Waals surface area contributed by atoms with E-state index in [2.05, 4.69) is 42.4 Å². The van der Waals surface area contributed by atoms with Crippen molar-refractivity contribution in [2.45, 2.75) is 25.5 Å². The average molecular weight is 475 g/mol. The third-order valence-electron chi connectivity index (χ3n) is 4.38. The average Bonchev–Trinajstić information content (AvgIpc) is 3.33. The summed E-state index contributed by atoms with van der Waals surface area (Å²) in [5.41, 5.74) is 1.11. The Morgan fingerprint density at radius 3 is 3.00 bits per heavy atom. The Balaban J connectivity index is 1.71. The number of carboxylic acid groups (broad SMARTS) is 1. The molecule has 3 aromatic heterocycles. The molecule has 4 rings (SSSR count). The fourth-order valence-electron chi connectivity index (χ4n) is 3.06. The Hall–Kier alpha value is -2.81. The minimum absolute atomic E-state index is 0.122. The maximum absolute atomic E-state index is 10.9. The number of hydrogen-bond donors (Lipinski definition) is 2. The standard InChI is InChI=1S/C18H15BrN6O3S/c19-14-11(8-20)15(10-4-5-21-12(7-10)23-18(26)27)29-16(14)17-22-9-25(24-17)13-3-1-2-6-28-13/h4-5,7,9,13H,1-3,6H2,(H,21,23)(H,26,27). The smallest absolute Gasteiger partial charge is 0.410 e. The first-order valence-electron chi connectivity index (χ1n) is 8.78. The minimum Gasteiger partial charge on any atom is -0.465 e. The Morgan fingerprint density at radius 1 is 1.41 bits per heavy atom. The molecule has 0 aromatic carbocycles. The van der Waals surface area contributed by atoms with Gasteiger partial charge in [-0.3, -0.25) is 5.32 Å². The van der Waals surface area contributed by atoms with Crippen molar-refractivity contribution in [3.63, 3.8) is 0 Å². The molecule has 0 radical (unpaired) electrons. The van der Waals surface area contributed by atoms with Crippen molar-refractivity contribution in [3.8, 4) is 27.2 Å². The molecule has 148 valence electrons. The predicted molar refractivity (Wildman–Crippen MR) is 109 cm³/mol. The first-order valence-corrected chi connectivity index (χ1v) is 10.4. The van der Waals surface area contributed by atoms with E-state index in [1.807, 2.05) is 0 Å². The van der Waals surface area contributed by atoms with Crippen LogP contribution in [0.3, 0.4) is 0 Å². The van der Waals surface area contributed by atoms with Crippen LogP contribution in [0.25, 0.3) is 21.1 Å². The van der Waals surface area contributed by atoms with Gasteiger partial charge in [-0.15, -0.1) is 16.4 Å². The minimum atomic E-state index is -1.21. The van der Waals surface area contributed by atoms with Crippen molar-refractivity contribution < 1.29 is 14.6 Å². The molecule has 0 spiro atoms. The van der Waals surface area contributed by atoms with Crippen LogP contribution >= 0.6 is 27.3 Å². The van der Waals surface area contributed by atoms with Crippen LogP contribution < -0.4 is 5.32 Å². The van der Waals surface area contributed by atoms with Crippen molar-refractivity contribution >= 4 is 39.2 Å². The van der Waals surface area contributed by atoms with Crippen molar-refractivity contribution in [1.82, 2.24) is 19.7 Å². The normalized spacial score (nSPS) is 16.3. The molecular formula is C18H15BrN6O3S. The maximum atomic E-state index is 10.9. The van der Waals surface area contributed by atoms with Gasteiger partial charge in [0.1, 0.15) is 18.2 Å². The fourth-order valence-corrected chi connectivity index (χ4v) is 4.97. The van der Waals surface area contributed by atoms with Crippen LogP contribution in [0.2, 0.25) is 0 Å². The highest BCUT2D eigenvalue weighted by Crippen LogP contribution is 2.44. The zero-order chi connectivity index (χ0) is 20.4. The van der Waals surface area contributed by atoms with Gasteiger partial charge in [0.15, 0.2) is 12.1 Å². The van der Waals surface area contributed by atoms with Gasteiger partial charge in [-0.05, 0) is 52.9 Å². The van der Waals surface area contributed by atoms with E-state index in [-0.39, 0.29) is 12.0 Å². The molecule has 1 atom stereocenters. The lowest BCUT2D eigenvalue weighted by molar-refractivity contribution is -0.0395. The molecule has 1 amide bonds. The molecule has 1 fully saturated rings. The number of pyridine rings is 1. The van der Waals surface area contributed by atoms with Gasteiger partial charge in [0.05, 0.1) is 19.8 Å². The number of ether oxygens (including phenoxy) is 1. The van der Waals surface area contributed by atoms with Gasteiger partial charge in [0, 0.05) is 12.8 Å². The number of thiophene rings is 1. The summed E-state index contributed by atoms with van der Waals surface area (Å²) in [6, 6.07) is 5.50. The molecule has 1 aliphatic heterocycles. The summed E-state index contributed by atoms with van der Waals surface area (Å²) < 4.78 is 8.07. The van der Waals surface area contributed by atoms with E-state index >= 15 is 0 Å². The number of nitriles is 1. The Labute approximate surface area is 178 Å². The van der Waals surface area contributed by atoms with Crippen LogP contribution in [-0.2, 0) is 4.74 Å². The van der Waals surface area contributed by atoms with Crippen LogP contribution in [0.15, 0.2) is 29.1 Å². The molecule has 1 aliphatic rings. The van der Waals surface area contributed by atoms with Crippen LogP contribution in [0.1, 0.15) is 31.1 Å². The van der Waals surface area contributed by atoms with E-state index in [1.165, 1.54) is 17.5 Å². The zero-order valence-corrected chi connectivity index (χ0v) is 17.4. The maximum Gasteiger partial charge on any atom is 0.410 e. The number of carbonyl (C=O) groups is 1. The van der Waals surface area contributed by atoms with Crippen molar-refractivity contribution in [2.24, 2.45) is 0 Å². The van der Waals surface area contributed by atoms with Crippen molar-refractivity contribution in [3.05, 3.63) is 34.7 Å². The monoisotopic (exact) mass is 474 g/mol. The number of rotatable bonds is 4. The van der Waals surface area contributed by atoms with Crippen molar-refractivity contribution in [2.75, 3.05) is 11.9 Å². The molecule has 0 bridgehead atoms. The predicted octanol–water partition coefficient (Wildman–Crippen LogP) is 4.49. The fraction of sp³-hybridized carbons (Fsp3) is 0.278. The lowest BCUT2D eigenvalue weighted by atomic mass is 10.1. The summed E-state index contributed by atoms with van der Waals surface area (Å²) in [4.78, 5) is 20.7. The topological polar surface area (TPSA) is 126 Å². The van der Waals surface area contributed by atoms with Gasteiger partial charge in [-0.2, -0.15) is 5.26 Å². The lowest BCUT2D eigenvalue weighted by Crippen LogP contribution is -2.18. The molecule has 0 aliphatic carbocycles. The highest BCUT2D eigenvalue weighted by atomic mass is 79.9. The molecule has 4 heterocycles. The molecular weight excluding hydrogens is 460 g/mol. The molecule has 2 N–H and O–H groups in total. The first kappa shape index (κ1) is 19.5. The summed E-state index contributed by atoms with van der Waals surface area (Å²) in [7, 11) is 0. The number of anilines is 1. The lowest BCUT2D eigenvalue weighted by Gasteiger charge is -2.21. The second-order valence-electron chi connectivity index (χ2n) is 6.29. The Morgan fingerprint density at radius 2 is 2.28 bits per heavy atom. The summed E-state index contributed by atoms with van der Waals surface area (Å²) >= 11 is 4.86. The summed E-state index contributed by atoms with van der Waals surface area (Å²) in [5, 5.41) is 25.4. The SMILES string of the molecule is N#Cc1c(-c2ccnc(NC(=O)O)c2)sc(-c2ncn(C3CCCCO3)n2)c1Br. The number of aromatic nitrogens is 4. The van der Waals surface area contributed by atoms with Gasteiger partial charge >= 0.3 is 6.09 Å². The Kier molecular flexibility index (Phi) is 5.57. The Bertz CT molecular complexity index is 1100. The van der Waals surface area contributed by atoms with Gasteiger partial charge in [0.25, 0.3) is 0 Å². The number of nitrogens with zero attached hydrogens (tertiary/aromatic N) is 5. The molecule has 3 aromatic rings. The molecule has 0 saturated carbocycles. The highest BCUT2D eigenvalue weighted by Gasteiger charge is 2.23. The summed E-state index contributed by atoms with van der Waals surface area (Å²) in [5.74, 6) is 0.679. The zero-order valence-electron chi connectivity index (χ0n) is 15.0. The molecule has 11 heteroatoms. The molecule has 1 saturated heterocycles. The third kappa shape index (κ3) is 4.00. The number of hydrogen-bond acceptors (Lipinski definition) is 7. The van der Waals surface area contributed by atoms with E-state index in [0.29, 0.717) is 32.9 Å². The number of amides is 1. The first-order chi connectivity index (χ1) is 14.1. The van der Waals surface area contributed by atoms with Crippen LogP contribution in [-0.4, -0.2) is 37.6 Å². The van der Waals surface area contributed by atoms with Crippen LogP contribution in [0.5, 0.6) is 0 Å². The summed E-state index contributed by atoms with van der Waals surface area (Å²) in [6.07, 6.45) is 4.83. The van der Waals surface area contributed by atoms with Crippen molar-refractivity contribution in [1.29, 1.82) is 5.26 Å². The number of nitrogens with one attached hydrogen (secondary N) is 1. The van der Waals surface area contributed by atoms with E-state index in [9.17, 15) is 10.1 Å². The summed E-state index contributed by atoms with van der Waals surface area (Å²) in [6.45, 7) is 0.708. The van der Waals surface area contributed by atoms with E-state index < -0.39 is 6.09 Å². The van der Waals surface area contributed by atoms with E-state index in [4.69, 9.17) is 9.84 Å². The van der Waals surface area contributed by atoms with E-state index in [1.54, 1.807) is 23.1 Å². The highest BCUT2D eigenvalue weighted by molar-refractivity contribution is 9.10. The molecule has 9 nitrogen and oxygen atoms in total. The second kappa shape index (κ2) is 8.28. The van der Waals surface area contributed by atoms with Crippen LogP contribution in [0, 0.1) is 11.3 Å². The number of halogens is 1. The third-order valence-corrected chi connectivity index (χ3v) is 6.67. The molecule has 29 heavy (non-hydrogen) atoms. The second-order valence-corrected chi connectivity index (χ2v) is 8.10. The van der Waals surface area contributed by atoms with Gasteiger partial charge < -0.3 is 9.84 Å². The van der Waals surface area contributed by atoms with Crippen LogP contribution in [0.4, 0.5) is 10.6 Å². The quantitative estimate of drug-likeness (QED) is 0.569.